The van der Waals surface area contributed by atoms with Gasteiger partial charge in [-0.1, -0.05) is 46.4 Å². The van der Waals surface area contributed by atoms with Crippen LogP contribution in [0.3, 0.4) is 0 Å². The average molecular weight is 375 g/mol. The van der Waals surface area contributed by atoms with Crippen molar-refractivity contribution in [2.24, 2.45) is 0 Å². The quantitative estimate of drug-likeness (QED) is 0.471. The molecule has 0 radical (unpaired) electrons. The molecule has 0 fully saturated rings. The monoisotopic (exact) mass is 373 g/mol. The summed E-state index contributed by atoms with van der Waals surface area (Å²) in [4.78, 5) is 38.1. The number of rotatable bonds is 2. The summed E-state index contributed by atoms with van der Waals surface area (Å²) in [5, 5.41) is 3.97. The van der Waals surface area contributed by atoms with E-state index in [0.29, 0.717) is 0 Å². The largest absolute Gasteiger partial charge is 0.465 e. The van der Waals surface area contributed by atoms with Crippen LogP contribution in [0.5, 0.6) is 0 Å². The molecule has 7 nitrogen and oxygen atoms in total. The Morgan fingerprint density at radius 3 is 2.43 bits per heavy atom. The molecular weight excluding hydrogens is 368 g/mol. The van der Waals surface area contributed by atoms with Gasteiger partial charge in [0, 0.05) is 0 Å². The molecule has 0 spiro atoms. The van der Waals surface area contributed by atoms with Gasteiger partial charge >= 0.3 is 12.0 Å². The van der Waals surface area contributed by atoms with Crippen molar-refractivity contribution in [3.05, 3.63) is 23.0 Å². The Morgan fingerprint density at radius 1 is 1.29 bits per heavy atom. The van der Waals surface area contributed by atoms with Crippen LogP contribution in [0.1, 0.15) is 10.4 Å². The van der Waals surface area contributed by atoms with Gasteiger partial charge in [-0.3, -0.25) is 10.1 Å². The molecule has 0 saturated carbocycles. The summed E-state index contributed by atoms with van der Waals surface area (Å²) in [6.07, 6.45) is 1.11. The molecule has 21 heavy (non-hydrogen) atoms. The lowest BCUT2D eigenvalue weighted by molar-refractivity contribution is -0.119. The number of pyridine rings is 1. The molecular formula is C10H7Cl4N3O4. The third-order valence-electron chi connectivity index (χ3n) is 2.01. The topological polar surface area (TPSA) is 97.4 Å². The van der Waals surface area contributed by atoms with E-state index >= 15 is 0 Å². The molecule has 2 N–H and O–H groups in total. The number of carbonyl (C=O) groups excluding carboxylic acids is 3. The Kier molecular flexibility index (Phi) is 6.03. The molecule has 1 aromatic rings. The molecule has 1 aromatic heterocycles. The molecule has 0 aromatic carbocycles. The van der Waals surface area contributed by atoms with E-state index in [-0.39, 0.29) is 16.4 Å². The molecule has 0 bridgehead atoms. The van der Waals surface area contributed by atoms with E-state index in [1.165, 1.54) is 6.07 Å². The van der Waals surface area contributed by atoms with Gasteiger partial charge < -0.3 is 10.1 Å². The van der Waals surface area contributed by atoms with Gasteiger partial charge in [0.05, 0.1) is 24.6 Å². The number of nitrogens with one attached hydrogen (secondary N) is 2. The van der Waals surface area contributed by atoms with Crippen LogP contribution in [0.25, 0.3) is 0 Å². The van der Waals surface area contributed by atoms with Crippen molar-refractivity contribution in [2.75, 3.05) is 12.4 Å². The highest BCUT2D eigenvalue weighted by Gasteiger charge is 2.32. The Morgan fingerprint density at radius 2 is 1.90 bits per heavy atom. The van der Waals surface area contributed by atoms with Crippen molar-refractivity contribution in [3.8, 4) is 0 Å². The van der Waals surface area contributed by atoms with Crippen LogP contribution in [0, 0.1) is 0 Å². The van der Waals surface area contributed by atoms with Crippen molar-refractivity contribution < 1.29 is 19.1 Å². The maximum absolute atomic E-state index is 11.6. The average Bonchev–Trinajstić information content (AvgIpc) is 2.38. The maximum atomic E-state index is 11.6. The SMILES string of the molecule is COC(=O)c1cc(Cl)ncc1NC(=O)NC(=O)C(Cl)(Cl)Cl. The normalized spacial score (nSPS) is 10.7. The van der Waals surface area contributed by atoms with Crippen LogP contribution in [0.15, 0.2) is 12.3 Å². The molecule has 0 saturated heterocycles. The molecule has 0 aliphatic heterocycles. The van der Waals surface area contributed by atoms with E-state index in [2.05, 4.69) is 15.0 Å². The minimum absolute atomic E-state index is 0.0127. The van der Waals surface area contributed by atoms with Gasteiger partial charge in [0.1, 0.15) is 5.15 Å². The number of hydrogen-bond donors (Lipinski definition) is 2. The lowest BCUT2D eigenvalue weighted by Gasteiger charge is -2.12. The van der Waals surface area contributed by atoms with Crippen molar-refractivity contribution in [1.29, 1.82) is 0 Å². The van der Waals surface area contributed by atoms with Crippen LogP contribution in [-0.2, 0) is 9.53 Å². The Balaban J connectivity index is 2.91. The van der Waals surface area contributed by atoms with Gasteiger partial charge in [0.15, 0.2) is 0 Å². The first-order valence-corrected chi connectivity index (χ1v) is 6.59. The fourth-order valence-corrected chi connectivity index (χ4v) is 1.44. The fourth-order valence-electron chi connectivity index (χ4n) is 1.14. The van der Waals surface area contributed by atoms with Gasteiger partial charge in [-0.2, -0.15) is 0 Å². The molecule has 3 amide bonds. The van der Waals surface area contributed by atoms with Crippen LogP contribution >= 0.6 is 46.4 Å². The number of carbonyl (C=O) groups is 3. The van der Waals surface area contributed by atoms with Crippen LogP contribution in [-0.4, -0.2) is 33.8 Å². The number of ether oxygens (including phenoxy) is 1. The predicted molar refractivity (Wildman–Crippen MR) is 78.0 cm³/mol. The summed E-state index contributed by atoms with van der Waals surface area (Å²) in [6.45, 7) is 0. The minimum Gasteiger partial charge on any atom is -0.465 e. The Labute approximate surface area is 138 Å². The fraction of sp³-hybridized carbons (Fsp3) is 0.200. The number of halogens is 4. The molecule has 1 heterocycles. The van der Waals surface area contributed by atoms with Crippen molar-refractivity contribution in [2.45, 2.75) is 3.79 Å². The number of urea groups is 1. The second-order valence-corrected chi connectivity index (χ2v) is 6.12. The highest BCUT2D eigenvalue weighted by Crippen LogP contribution is 2.26. The lowest BCUT2D eigenvalue weighted by Crippen LogP contribution is -2.41. The van der Waals surface area contributed by atoms with Crippen LogP contribution in [0.4, 0.5) is 10.5 Å². The number of hydrogen-bond acceptors (Lipinski definition) is 5. The standard InChI is InChI=1S/C10H7Cl4N3O4/c1-21-7(18)4-2-6(11)15-3-5(4)16-9(20)17-8(19)10(12,13)14/h2-3H,1H3,(H2,16,17,19,20). The zero-order valence-corrected chi connectivity index (χ0v) is 13.3. The number of methoxy groups -OCH3 is 1. The number of amides is 3. The smallest absolute Gasteiger partial charge is 0.340 e. The number of nitrogens with zero attached hydrogens (tertiary/aromatic N) is 1. The Hall–Kier alpha value is -1.28. The summed E-state index contributed by atoms with van der Waals surface area (Å²) in [5.41, 5.74) is -0.102. The predicted octanol–water partition coefficient (Wildman–Crippen LogP) is 2.54. The zero-order valence-electron chi connectivity index (χ0n) is 10.2. The second-order valence-electron chi connectivity index (χ2n) is 3.45. The van der Waals surface area contributed by atoms with Gasteiger partial charge in [0.2, 0.25) is 0 Å². The van der Waals surface area contributed by atoms with E-state index in [1.54, 1.807) is 5.32 Å². The molecule has 0 unspecified atom stereocenters. The number of anilines is 1. The van der Waals surface area contributed by atoms with Crippen LogP contribution in [0.2, 0.25) is 5.15 Å². The van der Waals surface area contributed by atoms with Crippen LogP contribution < -0.4 is 10.6 Å². The zero-order chi connectivity index (χ0) is 16.2. The maximum Gasteiger partial charge on any atom is 0.340 e. The first kappa shape index (κ1) is 17.8. The van der Waals surface area contributed by atoms with E-state index in [1.807, 2.05) is 0 Å². The van der Waals surface area contributed by atoms with Gasteiger partial charge in [0.25, 0.3) is 9.70 Å². The van der Waals surface area contributed by atoms with E-state index in [9.17, 15) is 14.4 Å². The lowest BCUT2D eigenvalue weighted by atomic mass is 10.2. The first-order chi connectivity index (χ1) is 9.65. The second kappa shape index (κ2) is 7.13. The van der Waals surface area contributed by atoms with Crippen molar-refractivity contribution in [3.63, 3.8) is 0 Å². The highest BCUT2D eigenvalue weighted by atomic mass is 35.6. The third kappa shape index (κ3) is 5.20. The van der Waals surface area contributed by atoms with Gasteiger partial charge in [-0.15, -0.1) is 0 Å². The van der Waals surface area contributed by atoms with Crippen molar-refractivity contribution in [1.82, 2.24) is 10.3 Å². The van der Waals surface area contributed by atoms with E-state index in [4.69, 9.17) is 46.4 Å². The first-order valence-electron chi connectivity index (χ1n) is 5.08. The highest BCUT2D eigenvalue weighted by molar-refractivity contribution is 6.76. The summed E-state index contributed by atoms with van der Waals surface area (Å²) >= 11 is 21.5. The number of aromatic nitrogens is 1. The molecule has 0 aliphatic carbocycles. The number of alkyl halides is 3. The molecule has 1 rings (SSSR count). The molecule has 114 valence electrons. The van der Waals surface area contributed by atoms with Gasteiger partial charge in [-0.05, 0) is 6.07 Å². The summed E-state index contributed by atoms with van der Waals surface area (Å²) < 4.78 is 2.22. The van der Waals surface area contributed by atoms with Gasteiger partial charge in [-0.25, -0.2) is 14.6 Å². The van der Waals surface area contributed by atoms with E-state index in [0.717, 1.165) is 13.3 Å². The Bertz CT molecular complexity index is 588. The molecule has 11 heteroatoms. The third-order valence-corrected chi connectivity index (χ3v) is 2.73. The number of esters is 1. The molecule has 0 aliphatic rings. The van der Waals surface area contributed by atoms with Crippen molar-refractivity contribution >= 4 is 70.0 Å². The summed E-state index contributed by atoms with van der Waals surface area (Å²) in [6, 6.07) is 0.153. The number of imide groups is 1. The summed E-state index contributed by atoms with van der Waals surface area (Å²) in [7, 11) is 1.15. The van der Waals surface area contributed by atoms with E-state index < -0.39 is 21.7 Å². The minimum atomic E-state index is -2.30. The summed E-state index contributed by atoms with van der Waals surface area (Å²) in [5.74, 6) is -1.92. The molecule has 0 atom stereocenters.